The van der Waals surface area contributed by atoms with Gasteiger partial charge in [0.2, 0.25) is 0 Å². The highest BCUT2D eigenvalue weighted by Crippen LogP contribution is 2.25. The normalized spacial score (nSPS) is 12.2. The van der Waals surface area contributed by atoms with Crippen molar-refractivity contribution in [2.75, 3.05) is 10.7 Å². The molecule has 0 aromatic heterocycles. The third-order valence-electron chi connectivity index (χ3n) is 2.69. The number of carboxylic acid groups (broad SMARTS) is 1. The third kappa shape index (κ3) is 3.47. The molecular formula is C13H18NO4S-. The van der Waals surface area contributed by atoms with Gasteiger partial charge in [-0.2, -0.15) is 0 Å². The van der Waals surface area contributed by atoms with Crippen LogP contribution in [0.3, 0.4) is 0 Å². The topological polar surface area (TPSA) is 77.5 Å². The van der Waals surface area contributed by atoms with Crippen LogP contribution < -0.4 is 10.0 Å². The summed E-state index contributed by atoms with van der Waals surface area (Å²) >= 11 is 0. The molecule has 0 N–H and O–H groups in total. The van der Waals surface area contributed by atoms with E-state index in [1.54, 1.807) is 27.7 Å². The molecule has 5 nitrogen and oxygen atoms in total. The molecule has 0 saturated heterocycles. The van der Waals surface area contributed by atoms with Crippen LogP contribution in [0.25, 0.3) is 0 Å². The van der Waals surface area contributed by atoms with Crippen LogP contribution in [0.1, 0.15) is 27.7 Å². The summed E-state index contributed by atoms with van der Waals surface area (Å²) in [6, 6.07) is 5.78. The van der Waals surface area contributed by atoms with Crippen LogP contribution in [-0.2, 0) is 9.84 Å². The van der Waals surface area contributed by atoms with Crippen molar-refractivity contribution in [2.24, 2.45) is 0 Å². The predicted molar refractivity (Wildman–Crippen MR) is 71.8 cm³/mol. The fraction of sp³-hybridized carbons (Fsp3) is 0.462. The second-order valence-electron chi connectivity index (χ2n) is 5.17. The Bertz CT molecular complexity index is 555. The number of amides is 1. The molecule has 0 aliphatic carbocycles. The third-order valence-corrected chi connectivity index (χ3v) is 4.44. The van der Waals surface area contributed by atoms with Crippen molar-refractivity contribution in [1.82, 2.24) is 0 Å². The maximum atomic E-state index is 11.7. The summed E-state index contributed by atoms with van der Waals surface area (Å²) in [7, 11) is -3.28. The van der Waals surface area contributed by atoms with E-state index in [0.717, 1.165) is 4.90 Å². The molecule has 0 radical (unpaired) electrons. The first-order valence-electron chi connectivity index (χ1n) is 5.93. The lowest BCUT2D eigenvalue weighted by atomic mass is 10.1. The maximum absolute atomic E-state index is 11.7. The van der Waals surface area contributed by atoms with Crippen LogP contribution >= 0.6 is 0 Å². The molecular weight excluding hydrogens is 266 g/mol. The Kier molecular flexibility index (Phi) is 4.25. The minimum atomic E-state index is -3.28. The van der Waals surface area contributed by atoms with Crippen molar-refractivity contribution in [3.05, 3.63) is 24.3 Å². The Morgan fingerprint density at radius 2 is 1.68 bits per heavy atom. The molecule has 106 valence electrons. The first kappa shape index (κ1) is 15.5. The van der Waals surface area contributed by atoms with Gasteiger partial charge < -0.3 is 14.8 Å². The minimum Gasteiger partial charge on any atom is -0.530 e. The fourth-order valence-electron chi connectivity index (χ4n) is 1.74. The smallest absolute Gasteiger partial charge is 0.178 e. The number of rotatable bonds is 3. The van der Waals surface area contributed by atoms with Gasteiger partial charge in [-0.15, -0.1) is 0 Å². The van der Waals surface area contributed by atoms with Gasteiger partial charge in [0.25, 0.3) is 0 Å². The van der Waals surface area contributed by atoms with Crippen LogP contribution in [0.15, 0.2) is 29.2 Å². The molecule has 1 aromatic rings. The average molecular weight is 284 g/mol. The summed E-state index contributed by atoms with van der Waals surface area (Å²) in [5.74, 6) is 0.00974. The van der Waals surface area contributed by atoms with Gasteiger partial charge in [-0.3, -0.25) is 0 Å². The summed E-state index contributed by atoms with van der Waals surface area (Å²) in [6.45, 7) is 6.77. The van der Waals surface area contributed by atoms with E-state index in [2.05, 4.69) is 0 Å². The molecule has 0 aliphatic heterocycles. The minimum absolute atomic E-state index is 0.00974. The molecule has 1 rings (SSSR count). The van der Waals surface area contributed by atoms with Crippen LogP contribution in [-0.4, -0.2) is 25.8 Å². The average Bonchev–Trinajstić information content (AvgIpc) is 2.27. The number of nitrogens with zero attached hydrogens (tertiary/aromatic N) is 1. The second-order valence-corrected chi connectivity index (χ2v) is 7.45. The highest BCUT2D eigenvalue weighted by atomic mass is 32.2. The number of anilines is 1. The number of carbonyl (C=O) groups excluding carboxylic acids is 1. The standard InChI is InChI=1S/C13H19NO4S/c1-5-19(17,18)11-8-6-10(7-9-11)14(12(15)16)13(2,3)4/h6-9H,5H2,1-4H3,(H,15,16)/p-1. The monoisotopic (exact) mass is 284 g/mol. The van der Waals surface area contributed by atoms with E-state index in [0.29, 0.717) is 5.69 Å². The zero-order chi connectivity index (χ0) is 14.8. The Hall–Kier alpha value is -1.56. The molecule has 0 spiro atoms. The Morgan fingerprint density at radius 3 is 2.00 bits per heavy atom. The summed E-state index contributed by atoms with van der Waals surface area (Å²) in [6.07, 6.45) is -1.32. The zero-order valence-electron chi connectivity index (χ0n) is 11.5. The van der Waals surface area contributed by atoms with Gasteiger partial charge in [-0.25, -0.2) is 8.42 Å². The van der Waals surface area contributed by atoms with E-state index in [-0.39, 0.29) is 10.6 Å². The number of hydrogen-bond donors (Lipinski definition) is 0. The van der Waals surface area contributed by atoms with Gasteiger partial charge in [0.1, 0.15) is 6.09 Å². The lowest BCUT2D eigenvalue weighted by molar-refractivity contribution is -0.247. The van der Waals surface area contributed by atoms with E-state index in [1.807, 2.05) is 0 Å². The Balaban J connectivity index is 3.21. The summed E-state index contributed by atoms with van der Waals surface area (Å²) in [5.41, 5.74) is -0.271. The van der Waals surface area contributed by atoms with Crippen LogP contribution in [0.5, 0.6) is 0 Å². The quantitative estimate of drug-likeness (QED) is 0.841. The van der Waals surface area contributed by atoms with Gasteiger partial charge in [0.05, 0.1) is 10.6 Å². The van der Waals surface area contributed by atoms with Crippen LogP contribution in [0, 0.1) is 0 Å². The molecule has 0 bridgehead atoms. The first-order valence-corrected chi connectivity index (χ1v) is 7.59. The SMILES string of the molecule is CCS(=O)(=O)c1ccc(N(C(=O)[O-])C(C)(C)C)cc1. The van der Waals surface area contributed by atoms with Crippen molar-refractivity contribution in [2.45, 2.75) is 38.1 Å². The molecule has 0 unspecified atom stereocenters. The molecule has 0 aliphatic rings. The maximum Gasteiger partial charge on any atom is 0.178 e. The van der Waals surface area contributed by atoms with Crippen molar-refractivity contribution in [1.29, 1.82) is 0 Å². The second kappa shape index (κ2) is 5.21. The van der Waals surface area contributed by atoms with Crippen molar-refractivity contribution in [3.8, 4) is 0 Å². The molecule has 1 amide bonds. The number of carbonyl (C=O) groups is 1. The molecule has 19 heavy (non-hydrogen) atoms. The molecule has 1 aromatic carbocycles. The van der Waals surface area contributed by atoms with Gasteiger partial charge in [-0.05, 0) is 45.0 Å². The Morgan fingerprint density at radius 1 is 1.21 bits per heavy atom. The molecule has 6 heteroatoms. The van der Waals surface area contributed by atoms with E-state index < -0.39 is 21.5 Å². The van der Waals surface area contributed by atoms with Crippen molar-refractivity contribution in [3.63, 3.8) is 0 Å². The van der Waals surface area contributed by atoms with E-state index in [4.69, 9.17) is 0 Å². The Labute approximate surface area is 113 Å². The number of hydrogen-bond acceptors (Lipinski definition) is 4. The van der Waals surface area contributed by atoms with E-state index >= 15 is 0 Å². The van der Waals surface area contributed by atoms with Gasteiger partial charge >= 0.3 is 0 Å². The van der Waals surface area contributed by atoms with E-state index in [1.165, 1.54) is 24.3 Å². The lowest BCUT2D eigenvalue weighted by Crippen LogP contribution is -2.52. The zero-order valence-corrected chi connectivity index (χ0v) is 12.3. The summed E-state index contributed by atoms with van der Waals surface area (Å²) in [4.78, 5) is 12.5. The highest BCUT2D eigenvalue weighted by Gasteiger charge is 2.23. The molecule has 0 fully saturated rings. The van der Waals surface area contributed by atoms with Crippen molar-refractivity contribution >= 4 is 21.6 Å². The number of benzene rings is 1. The molecule has 0 heterocycles. The van der Waals surface area contributed by atoms with Crippen molar-refractivity contribution < 1.29 is 18.3 Å². The lowest BCUT2D eigenvalue weighted by Gasteiger charge is -2.37. The predicted octanol–water partition coefficient (Wildman–Crippen LogP) is 1.43. The first-order chi connectivity index (χ1) is 8.59. The fourth-order valence-corrected chi connectivity index (χ4v) is 2.62. The van der Waals surface area contributed by atoms with E-state index in [9.17, 15) is 18.3 Å². The van der Waals surface area contributed by atoms with Gasteiger partial charge in [0.15, 0.2) is 9.84 Å². The summed E-state index contributed by atoms with van der Waals surface area (Å²) in [5, 5.41) is 11.2. The van der Waals surface area contributed by atoms with Crippen LogP contribution in [0.4, 0.5) is 10.5 Å². The molecule has 0 saturated carbocycles. The molecule has 0 atom stereocenters. The van der Waals surface area contributed by atoms with Gasteiger partial charge in [-0.1, -0.05) is 6.92 Å². The van der Waals surface area contributed by atoms with Gasteiger partial charge in [0, 0.05) is 11.2 Å². The largest absolute Gasteiger partial charge is 0.530 e. The highest BCUT2D eigenvalue weighted by molar-refractivity contribution is 7.91. The number of sulfone groups is 1. The van der Waals surface area contributed by atoms with Crippen LogP contribution in [0.2, 0.25) is 0 Å². The summed E-state index contributed by atoms with van der Waals surface area (Å²) < 4.78 is 23.3.